The summed E-state index contributed by atoms with van der Waals surface area (Å²) < 4.78 is 0. The van der Waals surface area contributed by atoms with E-state index in [1.54, 1.807) is 0 Å². The zero-order chi connectivity index (χ0) is 21.3. The van der Waals surface area contributed by atoms with Crippen LogP contribution in [0.15, 0.2) is 30.3 Å². The zero-order valence-corrected chi connectivity index (χ0v) is 18.9. The highest BCUT2D eigenvalue weighted by Crippen LogP contribution is 2.30. The SMILES string of the molecule is Cc1cc(N2CCN(C(C(=O)NC3CCCC3)C(C)(C)C)CC2)c2ccccc2n1. The van der Waals surface area contributed by atoms with Crippen molar-refractivity contribution in [1.82, 2.24) is 15.2 Å². The van der Waals surface area contributed by atoms with Crippen molar-refractivity contribution in [3.8, 4) is 0 Å². The third-order valence-electron chi connectivity index (χ3n) is 6.61. The fraction of sp³-hybridized carbons (Fsp3) is 0.600. The average molecular weight is 409 g/mol. The van der Waals surface area contributed by atoms with E-state index < -0.39 is 0 Å². The number of rotatable bonds is 4. The summed E-state index contributed by atoms with van der Waals surface area (Å²) in [6, 6.07) is 10.9. The van der Waals surface area contributed by atoms with E-state index in [-0.39, 0.29) is 17.4 Å². The maximum absolute atomic E-state index is 13.2. The Balaban J connectivity index is 1.49. The minimum Gasteiger partial charge on any atom is -0.368 e. The maximum atomic E-state index is 13.2. The zero-order valence-electron chi connectivity index (χ0n) is 18.9. The van der Waals surface area contributed by atoms with Gasteiger partial charge in [0, 0.05) is 49.0 Å². The summed E-state index contributed by atoms with van der Waals surface area (Å²) in [7, 11) is 0. The lowest BCUT2D eigenvalue weighted by Gasteiger charge is -2.44. The number of fused-ring (bicyclic) bond motifs is 1. The molecule has 1 aliphatic carbocycles. The third-order valence-corrected chi connectivity index (χ3v) is 6.61. The molecule has 1 atom stereocenters. The van der Waals surface area contributed by atoms with Crippen LogP contribution in [0.3, 0.4) is 0 Å². The molecule has 0 spiro atoms. The summed E-state index contributed by atoms with van der Waals surface area (Å²) in [5.74, 6) is 0.216. The third kappa shape index (κ3) is 4.46. The molecule has 4 rings (SSSR count). The van der Waals surface area contributed by atoms with Crippen molar-refractivity contribution in [2.24, 2.45) is 5.41 Å². The average Bonchev–Trinajstić information content (AvgIpc) is 3.20. The van der Waals surface area contributed by atoms with Crippen molar-refractivity contribution in [2.45, 2.75) is 65.5 Å². The number of piperazine rings is 1. The van der Waals surface area contributed by atoms with E-state index in [0.717, 1.165) is 50.2 Å². The molecule has 0 radical (unpaired) electrons. The van der Waals surface area contributed by atoms with Crippen LogP contribution in [0.4, 0.5) is 5.69 Å². The van der Waals surface area contributed by atoms with Gasteiger partial charge in [-0.3, -0.25) is 14.7 Å². The van der Waals surface area contributed by atoms with Crippen molar-refractivity contribution in [3.63, 3.8) is 0 Å². The summed E-state index contributed by atoms with van der Waals surface area (Å²) >= 11 is 0. The number of pyridine rings is 1. The molecule has 1 saturated carbocycles. The van der Waals surface area contributed by atoms with Gasteiger partial charge in [0.05, 0.1) is 11.6 Å². The summed E-state index contributed by atoms with van der Waals surface area (Å²) in [4.78, 5) is 22.8. The number of carbonyl (C=O) groups excluding carboxylic acids is 1. The molecule has 1 amide bonds. The molecule has 5 heteroatoms. The Kier molecular flexibility index (Phi) is 6.01. The van der Waals surface area contributed by atoms with Crippen LogP contribution in [0, 0.1) is 12.3 Å². The van der Waals surface area contributed by atoms with Crippen molar-refractivity contribution in [2.75, 3.05) is 31.1 Å². The Labute approximate surface area is 180 Å². The lowest BCUT2D eigenvalue weighted by Crippen LogP contribution is -2.60. The van der Waals surface area contributed by atoms with Crippen LogP contribution in [-0.2, 0) is 4.79 Å². The monoisotopic (exact) mass is 408 g/mol. The molecule has 5 nitrogen and oxygen atoms in total. The molecule has 1 N–H and O–H groups in total. The van der Waals surface area contributed by atoms with E-state index in [0.29, 0.717) is 6.04 Å². The summed E-state index contributed by atoms with van der Waals surface area (Å²) in [5, 5.41) is 4.57. The van der Waals surface area contributed by atoms with Gasteiger partial charge in [0.25, 0.3) is 0 Å². The Morgan fingerprint density at radius 3 is 2.43 bits per heavy atom. The minimum absolute atomic E-state index is 0.0869. The highest BCUT2D eigenvalue weighted by Gasteiger charge is 2.38. The normalized spacial score (nSPS) is 19.9. The van der Waals surface area contributed by atoms with Gasteiger partial charge >= 0.3 is 0 Å². The molecule has 2 fully saturated rings. The Morgan fingerprint density at radius 1 is 1.10 bits per heavy atom. The first-order valence-electron chi connectivity index (χ1n) is 11.5. The number of nitrogens with zero attached hydrogens (tertiary/aromatic N) is 3. The second-order valence-corrected chi connectivity index (χ2v) is 10.1. The quantitative estimate of drug-likeness (QED) is 0.826. The molecule has 30 heavy (non-hydrogen) atoms. The molecule has 2 aliphatic rings. The summed E-state index contributed by atoms with van der Waals surface area (Å²) in [6.45, 7) is 12.3. The molecule has 162 valence electrons. The van der Waals surface area contributed by atoms with Crippen LogP contribution >= 0.6 is 0 Å². The lowest BCUT2D eigenvalue weighted by molar-refractivity contribution is -0.131. The molecular formula is C25H36N4O. The first-order chi connectivity index (χ1) is 14.3. The summed E-state index contributed by atoms with van der Waals surface area (Å²) in [5.41, 5.74) is 3.28. The Bertz CT molecular complexity index is 890. The van der Waals surface area contributed by atoms with Gasteiger partial charge < -0.3 is 10.2 Å². The lowest BCUT2D eigenvalue weighted by atomic mass is 9.84. The van der Waals surface area contributed by atoms with Gasteiger partial charge in [0.15, 0.2) is 0 Å². The largest absolute Gasteiger partial charge is 0.368 e. The number of hydrogen-bond donors (Lipinski definition) is 1. The maximum Gasteiger partial charge on any atom is 0.238 e. The van der Waals surface area contributed by atoms with Crippen molar-refractivity contribution in [1.29, 1.82) is 0 Å². The fourth-order valence-corrected chi connectivity index (χ4v) is 5.23. The van der Waals surface area contributed by atoms with Crippen LogP contribution in [0.25, 0.3) is 10.9 Å². The van der Waals surface area contributed by atoms with Crippen molar-refractivity contribution in [3.05, 3.63) is 36.0 Å². The predicted molar refractivity (Wildman–Crippen MR) is 124 cm³/mol. The van der Waals surface area contributed by atoms with E-state index in [2.05, 4.69) is 72.1 Å². The van der Waals surface area contributed by atoms with Crippen molar-refractivity contribution < 1.29 is 4.79 Å². The molecule has 1 saturated heterocycles. The highest BCUT2D eigenvalue weighted by molar-refractivity contribution is 5.92. The Morgan fingerprint density at radius 2 is 1.77 bits per heavy atom. The number of benzene rings is 1. The second-order valence-electron chi connectivity index (χ2n) is 10.1. The molecule has 2 aromatic rings. The van der Waals surface area contributed by atoms with Crippen LogP contribution in [0.2, 0.25) is 0 Å². The number of aromatic nitrogens is 1. The van der Waals surface area contributed by atoms with E-state index in [4.69, 9.17) is 0 Å². The van der Waals surface area contributed by atoms with Gasteiger partial charge in [-0.25, -0.2) is 0 Å². The van der Waals surface area contributed by atoms with Gasteiger partial charge in [-0.1, -0.05) is 51.8 Å². The molecule has 2 heterocycles. The predicted octanol–water partition coefficient (Wildman–Crippen LogP) is 4.14. The molecular weight excluding hydrogens is 372 g/mol. The van der Waals surface area contributed by atoms with Crippen LogP contribution in [0.1, 0.15) is 52.1 Å². The fourth-order valence-electron chi connectivity index (χ4n) is 5.23. The van der Waals surface area contributed by atoms with E-state index in [9.17, 15) is 4.79 Å². The van der Waals surface area contributed by atoms with Gasteiger partial charge in [-0.05, 0) is 37.3 Å². The number of hydrogen-bond acceptors (Lipinski definition) is 4. The standard InChI is InChI=1S/C25H36N4O/c1-18-17-22(20-11-7-8-12-21(20)26-18)28-13-15-29(16-14-28)23(25(2,3)4)24(30)27-19-9-5-6-10-19/h7-8,11-12,17,19,23H,5-6,9-10,13-16H2,1-4H3,(H,27,30). The smallest absolute Gasteiger partial charge is 0.238 e. The van der Waals surface area contributed by atoms with Gasteiger partial charge in [0.2, 0.25) is 5.91 Å². The molecule has 1 aromatic carbocycles. The number of para-hydroxylation sites is 1. The number of anilines is 1. The number of nitrogens with one attached hydrogen (secondary N) is 1. The molecule has 1 aromatic heterocycles. The van der Waals surface area contributed by atoms with Crippen LogP contribution in [0.5, 0.6) is 0 Å². The second kappa shape index (κ2) is 8.54. The van der Waals surface area contributed by atoms with Crippen LogP contribution < -0.4 is 10.2 Å². The van der Waals surface area contributed by atoms with Gasteiger partial charge in [-0.2, -0.15) is 0 Å². The van der Waals surface area contributed by atoms with Crippen molar-refractivity contribution >= 4 is 22.5 Å². The topological polar surface area (TPSA) is 48.5 Å². The van der Waals surface area contributed by atoms with E-state index in [1.807, 2.05) is 6.07 Å². The summed E-state index contributed by atoms with van der Waals surface area (Å²) in [6.07, 6.45) is 4.74. The van der Waals surface area contributed by atoms with E-state index in [1.165, 1.54) is 23.9 Å². The van der Waals surface area contributed by atoms with Gasteiger partial charge in [0.1, 0.15) is 0 Å². The van der Waals surface area contributed by atoms with Gasteiger partial charge in [-0.15, -0.1) is 0 Å². The molecule has 1 aliphatic heterocycles. The number of aryl methyl sites for hydroxylation is 1. The first kappa shape index (κ1) is 21.1. The molecule has 1 unspecified atom stereocenters. The minimum atomic E-state index is -0.0925. The molecule has 0 bridgehead atoms. The first-order valence-corrected chi connectivity index (χ1v) is 11.5. The number of amides is 1. The number of carbonyl (C=O) groups is 1. The van der Waals surface area contributed by atoms with Crippen LogP contribution in [-0.4, -0.2) is 54.1 Å². The highest BCUT2D eigenvalue weighted by atomic mass is 16.2. The van der Waals surface area contributed by atoms with E-state index >= 15 is 0 Å². The Hall–Kier alpha value is -2.14.